The van der Waals surface area contributed by atoms with Crippen molar-refractivity contribution in [2.75, 3.05) is 6.61 Å². The van der Waals surface area contributed by atoms with Crippen molar-refractivity contribution in [1.29, 1.82) is 0 Å². The SMILES string of the molecule is O=C1CCOc2cnc(C(F)(F)F)cc21. The zero-order valence-corrected chi connectivity index (χ0v) is 7.47. The largest absolute Gasteiger partial charge is 0.491 e. The fourth-order valence-electron chi connectivity index (χ4n) is 1.32. The van der Waals surface area contributed by atoms with E-state index in [4.69, 9.17) is 4.74 Å². The zero-order chi connectivity index (χ0) is 11.1. The molecule has 0 bridgehead atoms. The molecular weight excluding hydrogens is 211 g/mol. The fraction of sp³-hybridized carbons (Fsp3) is 0.333. The lowest BCUT2D eigenvalue weighted by atomic mass is 10.1. The fourth-order valence-corrected chi connectivity index (χ4v) is 1.32. The summed E-state index contributed by atoms with van der Waals surface area (Å²) >= 11 is 0. The van der Waals surface area contributed by atoms with Crippen LogP contribution in [0.25, 0.3) is 0 Å². The van der Waals surface area contributed by atoms with Crippen LogP contribution in [0.1, 0.15) is 22.5 Å². The summed E-state index contributed by atoms with van der Waals surface area (Å²) in [5.74, 6) is -0.219. The van der Waals surface area contributed by atoms with E-state index in [0.29, 0.717) is 0 Å². The molecule has 0 unspecified atom stereocenters. The Bertz CT molecular complexity index is 414. The normalized spacial score (nSPS) is 15.8. The first-order chi connectivity index (χ1) is 6.98. The Morgan fingerprint density at radius 2 is 2.13 bits per heavy atom. The first-order valence-electron chi connectivity index (χ1n) is 4.22. The smallest absolute Gasteiger partial charge is 0.433 e. The van der Waals surface area contributed by atoms with Crippen molar-refractivity contribution in [2.45, 2.75) is 12.6 Å². The number of carbonyl (C=O) groups excluding carboxylic acids is 1. The van der Waals surface area contributed by atoms with Gasteiger partial charge in [-0.3, -0.25) is 4.79 Å². The van der Waals surface area contributed by atoms with E-state index in [1.54, 1.807) is 0 Å². The van der Waals surface area contributed by atoms with Crippen molar-refractivity contribution in [1.82, 2.24) is 4.98 Å². The number of hydrogen-bond acceptors (Lipinski definition) is 3. The number of pyridine rings is 1. The summed E-state index contributed by atoms with van der Waals surface area (Å²) in [7, 11) is 0. The molecule has 0 saturated carbocycles. The first kappa shape index (κ1) is 9.95. The van der Waals surface area contributed by atoms with Crippen LogP contribution in [0.4, 0.5) is 13.2 Å². The molecule has 0 fully saturated rings. The lowest BCUT2D eigenvalue weighted by molar-refractivity contribution is -0.141. The number of aromatic nitrogens is 1. The summed E-state index contributed by atoms with van der Waals surface area (Å²) < 4.78 is 41.8. The van der Waals surface area contributed by atoms with Gasteiger partial charge in [0.25, 0.3) is 0 Å². The Morgan fingerprint density at radius 3 is 2.80 bits per heavy atom. The summed E-state index contributed by atoms with van der Waals surface area (Å²) in [6, 6.07) is 0.733. The van der Waals surface area contributed by atoms with Crippen molar-refractivity contribution < 1.29 is 22.7 Å². The second-order valence-corrected chi connectivity index (χ2v) is 3.09. The molecule has 1 aromatic heterocycles. The second kappa shape index (κ2) is 3.22. The van der Waals surface area contributed by atoms with E-state index in [-0.39, 0.29) is 30.1 Å². The van der Waals surface area contributed by atoms with Gasteiger partial charge in [0, 0.05) is 6.42 Å². The summed E-state index contributed by atoms with van der Waals surface area (Å²) in [6.07, 6.45) is -3.49. The number of fused-ring (bicyclic) bond motifs is 1. The Balaban J connectivity index is 2.49. The molecule has 80 valence electrons. The third kappa shape index (κ3) is 1.79. The van der Waals surface area contributed by atoms with Gasteiger partial charge in [-0.1, -0.05) is 0 Å². The Morgan fingerprint density at radius 1 is 1.40 bits per heavy atom. The quantitative estimate of drug-likeness (QED) is 0.667. The van der Waals surface area contributed by atoms with Gasteiger partial charge in [-0.05, 0) is 6.07 Å². The third-order valence-electron chi connectivity index (χ3n) is 2.04. The van der Waals surface area contributed by atoms with Gasteiger partial charge in [0.2, 0.25) is 0 Å². The van der Waals surface area contributed by atoms with Crippen molar-refractivity contribution in [3.05, 3.63) is 23.5 Å². The van der Waals surface area contributed by atoms with Gasteiger partial charge in [-0.25, -0.2) is 4.98 Å². The third-order valence-corrected chi connectivity index (χ3v) is 2.04. The van der Waals surface area contributed by atoms with Crippen LogP contribution < -0.4 is 4.74 Å². The predicted molar refractivity (Wildman–Crippen MR) is 43.7 cm³/mol. The number of alkyl halides is 3. The Kier molecular flexibility index (Phi) is 2.13. The van der Waals surface area contributed by atoms with Crippen LogP contribution in [-0.2, 0) is 6.18 Å². The molecule has 0 amide bonds. The van der Waals surface area contributed by atoms with E-state index >= 15 is 0 Å². The summed E-state index contributed by atoms with van der Waals surface area (Å²) in [5, 5.41) is 0. The number of ether oxygens (including phenoxy) is 1. The molecular formula is C9H6F3NO2. The second-order valence-electron chi connectivity index (χ2n) is 3.09. The van der Waals surface area contributed by atoms with Gasteiger partial charge in [0.05, 0.1) is 18.4 Å². The number of rotatable bonds is 0. The minimum atomic E-state index is -4.53. The van der Waals surface area contributed by atoms with Crippen molar-refractivity contribution in [3.8, 4) is 5.75 Å². The van der Waals surface area contributed by atoms with Crippen molar-refractivity contribution in [3.63, 3.8) is 0 Å². The molecule has 0 aliphatic carbocycles. The van der Waals surface area contributed by atoms with E-state index in [9.17, 15) is 18.0 Å². The summed E-state index contributed by atoms with van der Waals surface area (Å²) in [6.45, 7) is 0.193. The maximum atomic E-state index is 12.3. The highest BCUT2D eigenvalue weighted by atomic mass is 19.4. The molecule has 1 aliphatic heterocycles. The van der Waals surface area contributed by atoms with Gasteiger partial charge in [-0.15, -0.1) is 0 Å². The highest BCUT2D eigenvalue weighted by Crippen LogP contribution is 2.32. The molecule has 1 aromatic rings. The minimum Gasteiger partial charge on any atom is -0.491 e. The number of Topliss-reactive ketones (excluding diaryl/α,β-unsaturated/α-hetero) is 1. The minimum absolute atomic E-state index is 0.0384. The predicted octanol–water partition coefficient (Wildman–Crippen LogP) is 2.07. The molecule has 0 aromatic carbocycles. The number of nitrogens with zero attached hydrogens (tertiary/aromatic N) is 1. The number of hydrogen-bond donors (Lipinski definition) is 0. The van der Waals surface area contributed by atoms with Crippen LogP contribution in [0.2, 0.25) is 0 Å². The molecule has 2 rings (SSSR count). The van der Waals surface area contributed by atoms with Crippen LogP contribution in [0, 0.1) is 0 Å². The number of halogens is 3. The molecule has 0 N–H and O–H groups in total. The molecule has 2 heterocycles. The Hall–Kier alpha value is -1.59. The van der Waals surface area contributed by atoms with E-state index in [0.717, 1.165) is 12.3 Å². The van der Waals surface area contributed by atoms with Gasteiger partial charge < -0.3 is 4.74 Å². The number of ketones is 1. The van der Waals surface area contributed by atoms with Gasteiger partial charge in [-0.2, -0.15) is 13.2 Å². The monoisotopic (exact) mass is 217 g/mol. The number of carbonyl (C=O) groups is 1. The lowest BCUT2D eigenvalue weighted by Gasteiger charge is -2.16. The van der Waals surface area contributed by atoms with E-state index in [1.165, 1.54) is 0 Å². The van der Waals surface area contributed by atoms with Crippen LogP contribution in [0.5, 0.6) is 5.75 Å². The van der Waals surface area contributed by atoms with Crippen LogP contribution in [-0.4, -0.2) is 17.4 Å². The summed E-state index contributed by atoms with van der Waals surface area (Å²) in [4.78, 5) is 14.5. The van der Waals surface area contributed by atoms with Gasteiger partial charge in [0.1, 0.15) is 11.4 Å². The van der Waals surface area contributed by atoms with Crippen molar-refractivity contribution >= 4 is 5.78 Å². The van der Waals surface area contributed by atoms with Crippen LogP contribution in [0.15, 0.2) is 12.3 Å². The Labute approximate surface area is 82.9 Å². The zero-order valence-electron chi connectivity index (χ0n) is 7.47. The van der Waals surface area contributed by atoms with Crippen LogP contribution >= 0.6 is 0 Å². The maximum Gasteiger partial charge on any atom is 0.433 e. The molecule has 1 aliphatic rings. The van der Waals surface area contributed by atoms with E-state index < -0.39 is 11.9 Å². The molecule has 6 heteroatoms. The molecule has 0 atom stereocenters. The first-order valence-corrected chi connectivity index (χ1v) is 4.22. The molecule has 0 spiro atoms. The average molecular weight is 217 g/mol. The van der Waals surface area contributed by atoms with Gasteiger partial charge in [0.15, 0.2) is 5.78 Å². The molecule has 0 radical (unpaired) electrons. The van der Waals surface area contributed by atoms with E-state index in [1.807, 2.05) is 0 Å². The van der Waals surface area contributed by atoms with Gasteiger partial charge >= 0.3 is 6.18 Å². The highest BCUT2D eigenvalue weighted by molar-refractivity contribution is 5.99. The lowest BCUT2D eigenvalue weighted by Crippen LogP contribution is -2.18. The molecule has 15 heavy (non-hydrogen) atoms. The average Bonchev–Trinajstić information content (AvgIpc) is 2.16. The standard InChI is InChI=1S/C9H6F3NO2/c10-9(11,12)8-3-5-6(14)1-2-15-7(5)4-13-8/h3-4H,1-2H2. The summed E-state index contributed by atoms with van der Waals surface area (Å²) in [5.41, 5.74) is -1.11. The molecule has 0 saturated heterocycles. The van der Waals surface area contributed by atoms with Crippen LogP contribution in [0.3, 0.4) is 0 Å². The van der Waals surface area contributed by atoms with E-state index in [2.05, 4.69) is 4.98 Å². The molecule has 3 nitrogen and oxygen atoms in total. The maximum absolute atomic E-state index is 12.3. The highest BCUT2D eigenvalue weighted by Gasteiger charge is 2.34. The van der Waals surface area contributed by atoms with Crippen molar-refractivity contribution in [2.24, 2.45) is 0 Å². The topological polar surface area (TPSA) is 39.2 Å².